The van der Waals surface area contributed by atoms with Crippen molar-refractivity contribution < 1.29 is 28.9 Å². The highest BCUT2D eigenvalue weighted by atomic mass is 16.5. The Kier molecular flexibility index (Phi) is 5.19. The summed E-state index contributed by atoms with van der Waals surface area (Å²) in [6.07, 6.45) is 4.92. The fourth-order valence-electron chi connectivity index (χ4n) is 4.72. The molecule has 28 heavy (non-hydrogen) atoms. The number of carbonyl (C=O) groups is 2. The van der Waals surface area contributed by atoms with Gasteiger partial charge in [0.25, 0.3) is 5.91 Å². The van der Waals surface area contributed by atoms with Crippen LogP contribution >= 0.6 is 0 Å². The van der Waals surface area contributed by atoms with Gasteiger partial charge in [-0.2, -0.15) is 0 Å². The molecule has 0 bridgehead atoms. The lowest BCUT2D eigenvalue weighted by molar-refractivity contribution is -0.157. The highest BCUT2D eigenvalue weighted by molar-refractivity contribution is 5.96. The Bertz CT molecular complexity index is 759. The maximum Gasteiger partial charge on any atom is 0.311 e. The van der Waals surface area contributed by atoms with E-state index in [4.69, 9.17) is 14.2 Å². The first kappa shape index (κ1) is 19.1. The second-order valence-corrected chi connectivity index (χ2v) is 8.06. The predicted molar refractivity (Wildman–Crippen MR) is 101 cm³/mol. The van der Waals surface area contributed by atoms with Crippen molar-refractivity contribution in [2.24, 2.45) is 11.3 Å². The monoisotopic (exact) mass is 389 g/mol. The van der Waals surface area contributed by atoms with E-state index in [9.17, 15) is 14.7 Å². The summed E-state index contributed by atoms with van der Waals surface area (Å²) in [6.45, 7) is 1.43. The zero-order chi connectivity index (χ0) is 19.7. The minimum Gasteiger partial charge on any atom is -0.493 e. The lowest BCUT2D eigenvalue weighted by atomic mass is 9.74. The van der Waals surface area contributed by atoms with Gasteiger partial charge in [-0.1, -0.05) is 0 Å². The van der Waals surface area contributed by atoms with Gasteiger partial charge in [0.05, 0.1) is 25.2 Å². The summed E-state index contributed by atoms with van der Waals surface area (Å²) in [7, 11) is 1.58. The summed E-state index contributed by atoms with van der Waals surface area (Å²) in [6, 6.07) is 5.19. The van der Waals surface area contributed by atoms with Gasteiger partial charge < -0.3 is 24.2 Å². The molecular formula is C21H27NO6. The van der Waals surface area contributed by atoms with Crippen LogP contribution in [0.2, 0.25) is 0 Å². The zero-order valence-electron chi connectivity index (χ0n) is 16.2. The third-order valence-corrected chi connectivity index (χ3v) is 6.43. The maximum atomic E-state index is 13.1. The number of likely N-dealkylation sites (tertiary alicyclic amines) is 1. The van der Waals surface area contributed by atoms with E-state index in [2.05, 4.69) is 0 Å². The molecule has 0 spiro atoms. The summed E-state index contributed by atoms with van der Waals surface area (Å²) in [5, 5.41) is 9.81. The minimum atomic E-state index is -0.899. The van der Waals surface area contributed by atoms with Crippen molar-refractivity contribution in [2.45, 2.75) is 38.2 Å². The summed E-state index contributed by atoms with van der Waals surface area (Å²) in [5.41, 5.74) is -0.405. The molecule has 2 atom stereocenters. The molecule has 1 amide bonds. The van der Waals surface area contributed by atoms with E-state index < -0.39 is 11.4 Å². The number of methoxy groups -OCH3 is 1. The van der Waals surface area contributed by atoms with Crippen LogP contribution in [0, 0.1) is 11.3 Å². The number of fused-ring (bicyclic) bond motifs is 1. The number of benzene rings is 1. The largest absolute Gasteiger partial charge is 0.493 e. The smallest absolute Gasteiger partial charge is 0.311 e. The van der Waals surface area contributed by atoms with Gasteiger partial charge in [0.1, 0.15) is 0 Å². The van der Waals surface area contributed by atoms with E-state index in [0.717, 1.165) is 25.7 Å². The second kappa shape index (κ2) is 7.62. The third kappa shape index (κ3) is 3.32. The van der Waals surface area contributed by atoms with Crippen molar-refractivity contribution >= 4 is 11.9 Å². The van der Waals surface area contributed by atoms with E-state index in [1.165, 1.54) is 0 Å². The fourth-order valence-corrected chi connectivity index (χ4v) is 4.72. The lowest BCUT2D eigenvalue weighted by Crippen LogP contribution is -2.45. The SMILES string of the molecule is COc1ccc(C(=O)N2C[C@H]3COCC[C@@]3(C(=O)O)C2)cc1OC1CCCC1. The summed E-state index contributed by atoms with van der Waals surface area (Å²) in [5.74, 6) is 0.00212. The quantitative estimate of drug-likeness (QED) is 0.833. The molecule has 1 aromatic rings. The molecule has 3 fully saturated rings. The molecule has 1 saturated carbocycles. The van der Waals surface area contributed by atoms with E-state index in [1.807, 2.05) is 0 Å². The molecule has 1 N–H and O–H groups in total. The molecule has 0 unspecified atom stereocenters. The number of aliphatic carboxylic acids is 1. The Hall–Kier alpha value is -2.28. The normalized spacial score (nSPS) is 27.5. The van der Waals surface area contributed by atoms with Crippen molar-refractivity contribution in [1.82, 2.24) is 4.90 Å². The number of carboxylic acids is 1. The van der Waals surface area contributed by atoms with Crippen molar-refractivity contribution in [3.63, 3.8) is 0 Å². The standard InChI is InChI=1S/C21H27NO6/c1-26-17-7-6-14(10-18(17)28-16-4-2-3-5-16)19(23)22-11-15-12-27-9-8-21(15,13-22)20(24)25/h6-7,10,15-16H,2-5,8-9,11-13H2,1H3,(H,24,25)/t15-,21+/m0/s1. The second-order valence-electron chi connectivity index (χ2n) is 8.06. The van der Waals surface area contributed by atoms with Crippen molar-refractivity contribution in [1.29, 1.82) is 0 Å². The van der Waals surface area contributed by atoms with Crippen LogP contribution in [0.15, 0.2) is 18.2 Å². The number of hydrogen-bond donors (Lipinski definition) is 1. The lowest BCUT2D eigenvalue weighted by Gasteiger charge is -2.33. The zero-order valence-corrected chi connectivity index (χ0v) is 16.2. The Morgan fingerprint density at radius 2 is 2.04 bits per heavy atom. The maximum absolute atomic E-state index is 13.1. The summed E-state index contributed by atoms with van der Waals surface area (Å²) >= 11 is 0. The molecule has 4 rings (SSSR count). The van der Waals surface area contributed by atoms with E-state index in [-0.39, 0.29) is 24.5 Å². The Morgan fingerprint density at radius 3 is 2.71 bits per heavy atom. The van der Waals surface area contributed by atoms with Crippen LogP contribution in [0.4, 0.5) is 0 Å². The topological polar surface area (TPSA) is 85.3 Å². The number of carboxylic acid groups (broad SMARTS) is 1. The molecule has 0 radical (unpaired) electrons. The molecule has 7 nitrogen and oxygen atoms in total. The summed E-state index contributed by atoms with van der Waals surface area (Å²) in [4.78, 5) is 26.8. The van der Waals surface area contributed by atoms with Crippen LogP contribution in [0.1, 0.15) is 42.5 Å². The number of amides is 1. The van der Waals surface area contributed by atoms with Crippen LogP contribution < -0.4 is 9.47 Å². The first-order valence-electron chi connectivity index (χ1n) is 9.98. The average molecular weight is 389 g/mol. The van der Waals surface area contributed by atoms with Gasteiger partial charge in [0.15, 0.2) is 11.5 Å². The Balaban J connectivity index is 1.55. The number of ether oxygens (including phenoxy) is 3. The van der Waals surface area contributed by atoms with Crippen LogP contribution in [0.25, 0.3) is 0 Å². The molecule has 1 aromatic carbocycles. The van der Waals surface area contributed by atoms with Gasteiger partial charge in [-0.3, -0.25) is 9.59 Å². The van der Waals surface area contributed by atoms with Gasteiger partial charge in [-0.25, -0.2) is 0 Å². The van der Waals surface area contributed by atoms with Crippen molar-refractivity contribution in [2.75, 3.05) is 33.4 Å². The van der Waals surface area contributed by atoms with Crippen molar-refractivity contribution in [3.05, 3.63) is 23.8 Å². The van der Waals surface area contributed by atoms with E-state index in [0.29, 0.717) is 43.2 Å². The van der Waals surface area contributed by atoms with Crippen LogP contribution in [-0.4, -0.2) is 61.4 Å². The number of hydrogen-bond acceptors (Lipinski definition) is 5. The highest BCUT2D eigenvalue weighted by Crippen LogP contribution is 2.43. The summed E-state index contributed by atoms with van der Waals surface area (Å²) < 4.78 is 17.0. The molecule has 7 heteroatoms. The first-order chi connectivity index (χ1) is 13.5. The fraction of sp³-hybridized carbons (Fsp3) is 0.619. The Labute approximate surface area is 164 Å². The number of rotatable bonds is 5. The van der Waals surface area contributed by atoms with Gasteiger partial charge in [-0.15, -0.1) is 0 Å². The first-order valence-corrected chi connectivity index (χ1v) is 9.98. The van der Waals surface area contributed by atoms with E-state index >= 15 is 0 Å². The van der Waals surface area contributed by atoms with Gasteiger partial charge in [0, 0.05) is 31.2 Å². The predicted octanol–water partition coefficient (Wildman–Crippen LogP) is 2.58. The van der Waals surface area contributed by atoms with Gasteiger partial charge in [0.2, 0.25) is 0 Å². The number of nitrogens with zero attached hydrogens (tertiary/aromatic N) is 1. The molecule has 152 valence electrons. The third-order valence-electron chi connectivity index (χ3n) is 6.43. The molecule has 1 aliphatic carbocycles. The van der Waals surface area contributed by atoms with Gasteiger partial charge >= 0.3 is 5.97 Å². The molecule has 3 aliphatic rings. The van der Waals surface area contributed by atoms with Gasteiger partial charge in [-0.05, 0) is 50.3 Å². The van der Waals surface area contributed by atoms with E-state index in [1.54, 1.807) is 30.2 Å². The Morgan fingerprint density at radius 1 is 1.25 bits per heavy atom. The molecule has 2 aliphatic heterocycles. The van der Waals surface area contributed by atoms with Crippen LogP contribution in [-0.2, 0) is 9.53 Å². The van der Waals surface area contributed by atoms with Crippen LogP contribution in [0.5, 0.6) is 11.5 Å². The molecule has 2 saturated heterocycles. The molecular weight excluding hydrogens is 362 g/mol. The van der Waals surface area contributed by atoms with Crippen molar-refractivity contribution in [3.8, 4) is 11.5 Å². The van der Waals surface area contributed by atoms with Crippen LogP contribution in [0.3, 0.4) is 0 Å². The highest BCUT2D eigenvalue weighted by Gasteiger charge is 2.55. The number of carbonyl (C=O) groups excluding carboxylic acids is 1. The molecule has 0 aromatic heterocycles. The minimum absolute atomic E-state index is 0.154. The molecule has 2 heterocycles. The average Bonchev–Trinajstić information content (AvgIpc) is 3.35.